The molecular formula is C20H12Br2N2O3S2. The first kappa shape index (κ1) is 19.3. The number of nitrogens with one attached hydrogen (secondary N) is 1. The molecule has 2 aromatic carbocycles. The van der Waals surface area contributed by atoms with Crippen LogP contribution < -0.4 is 9.77 Å². The maximum absolute atomic E-state index is 13.5. The van der Waals surface area contributed by atoms with Gasteiger partial charge in [0.2, 0.25) is 11.8 Å². The van der Waals surface area contributed by atoms with Gasteiger partial charge in [0, 0.05) is 19.7 Å². The fraction of sp³-hybridized carbons (Fsp3) is 0.150. The number of imide groups is 1. The normalized spacial score (nSPS) is 23.2. The Hall–Kier alpha value is -1.68. The number of nitrogens with zero attached hydrogens (tertiary/aromatic N) is 1. The van der Waals surface area contributed by atoms with Gasteiger partial charge in [0.15, 0.2) is 0 Å². The summed E-state index contributed by atoms with van der Waals surface area (Å²) in [5.74, 6) is -1.39. The molecule has 3 aromatic rings. The van der Waals surface area contributed by atoms with E-state index in [1.807, 2.05) is 36.4 Å². The maximum Gasteiger partial charge on any atom is 0.305 e. The number of carbonyl (C=O) groups excluding carboxylic acids is 2. The van der Waals surface area contributed by atoms with Gasteiger partial charge in [0.25, 0.3) is 0 Å². The number of hydrogen-bond donors (Lipinski definition) is 1. The lowest BCUT2D eigenvalue weighted by Crippen LogP contribution is -2.32. The molecule has 3 heterocycles. The summed E-state index contributed by atoms with van der Waals surface area (Å²) in [5.41, 5.74) is 1.47. The van der Waals surface area contributed by atoms with Crippen LogP contribution in [-0.4, -0.2) is 22.0 Å². The van der Waals surface area contributed by atoms with Crippen molar-refractivity contribution in [3.8, 4) is 0 Å². The van der Waals surface area contributed by atoms with Crippen LogP contribution >= 0.6 is 55.0 Å². The molecule has 5 rings (SSSR count). The number of halogens is 2. The smallest absolute Gasteiger partial charge is 0.305 e. The zero-order chi connectivity index (χ0) is 20.3. The van der Waals surface area contributed by atoms with Gasteiger partial charge < -0.3 is 4.98 Å². The molecule has 0 spiro atoms. The van der Waals surface area contributed by atoms with E-state index in [0.717, 1.165) is 30.7 Å². The molecule has 9 heteroatoms. The van der Waals surface area contributed by atoms with Crippen LogP contribution in [0.3, 0.4) is 0 Å². The van der Waals surface area contributed by atoms with Gasteiger partial charge in [-0.3, -0.25) is 14.4 Å². The zero-order valence-corrected chi connectivity index (χ0v) is 19.4. The Balaban J connectivity index is 1.66. The molecular weight excluding hydrogens is 540 g/mol. The van der Waals surface area contributed by atoms with Crippen LogP contribution in [0.25, 0.3) is 0 Å². The molecule has 2 amide bonds. The molecule has 2 unspecified atom stereocenters. The van der Waals surface area contributed by atoms with Gasteiger partial charge in [0.05, 0.1) is 16.6 Å². The van der Waals surface area contributed by atoms with Crippen molar-refractivity contribution in [1.29, 1.82) is 0 Å². The van der Waals surface area contributed by atoms with E-state index >= 15 is 0 Å². The Labute approximate surface area is 190 Å². The standard InChI is InChI=1S/C20H12Br2N2O3S2/c21-10-4-6-12(7-5-10)24-18(25)14-13(9-2-1-3-11(22)8-9)15-17(23-20(27)29-15)28-16(14)19(24)26/h1-8,13-14,16H,(H,23,27)/t13-,14?,16?/m1/s1. The average molecular weight is 552 g/mol. The number of thioether (sulfide) groups is 1. The molecule has 0 radical (unpaired) electrons. The van der Waals surface area contributed by atoms with Gasteiger partial charge in [-0.05, 0) is 42.0 Å². The number of rotatable bonds is 2. The minimum absolute atomic E-state index is 0.174. The third-order valence-electron chi connectivity index (χ3n) is 5.12. The van der Waals surface area contributed by atoms with Crippen LogP contribution in [-0.2, 0) is 9.59 Å². The van der Waals surface area contributed by atoms with Crippen molar-refractivity contribution in [2.75, 3.05) is 4.90 Å². The number of hydrogen-bond acceptors (Lipinski definition) is 5. The Morgan fingerprint density at radius 2 is 1.69 bits per heavy atom. The summed E-state index contributed by atoms with van der Waals surface area (Å²) in [7, 11) is 0. The van der Waals surface area contributed by atoms with Crippen LogP contribution in [0.15, 0.2) is 67.3 Å². The van der Waals surface area contributed by atoms with Gasteiger partial charge in [-0.2, -0.15) is 0 Å². The number of fused-ring (bicyclic) bond motifs is 2. The molecule has 2 aliphatic heterocycles. The van der Waals surface area contributed by atoms with Crippen molar-refractivity contribution in [2.24, 2.45) is 5.92 Å². The van der Waals surface area contributed by atoms with Gasteiger partial charge >= 0.3 is 4.87 Å². The predicted molar refractivity (Wildman–Crippen MR) is 121 cm³/mol. The summed E-state index contributed by atoms with van der Waals surface area (Å²) >= 11 is 9.28. The third kappa shape index (κ3) is 3.15. The van der Waals surface area contributed by atoms with E-state index in [0.29, 0.717) is 10.7 Å². The van der Waals surface area contributed by atoms with Crippen LogP contribution in [0.1, 0.15) is 16.4 Å². The molecule has 0 saturated carbocycles. The summed E-state index contributed by atoms with van der Waals surface area (Å²) < 4.78 is 1.76. The molecule has 5 nitrogen and oxygen atoms in total. The number of carbonyl (C=O) groups is 2. The second kappa shape index (κ2) is 7.23. The van der Waals surface area contributed by atoms with E-state index < -0.39 is 11.2 Å². The van der Waals surface area contributed by atoms with Crippen molar-refractivity contribution in [2.45, 2.75) is 16.2 Å². The Bertz CT molecular complexity index is 1200. The second-order valence-electron chi connectivity index (χ2n) is 6.79. The maximum atomic E-state index is 13.5. The Morgan fingerprint density at radius 1 is 0.931 bits per heavy atom. The predicted octanol–water partition coefficient (Wildman–Crippen LogP) is 4.76. The number of benzene rings is 2. The molecule has 1 aromatic heterocycles. The molecule has 146 valence electrons. The molecule has 1 N–H and O–H groups in total. The van der Waals surface area contributed by atoms with Crippen LogP contribution in [0.5, 0.6) is 0 Å². The lowest BCUT2D eigenvalue weighted by Gasteiger charge is -2.29. The highest BCUT2D eigenvalue weighted by Crippen LogP contribution is 2.53. The number of amides is 2. The molecule has 0 aliphatic carbocycles. The molecule has 2 aliphatic rings. The summed E-state index contributed by atoms with van der Waals surface area (Å²) in [6.45, 7) is 0. The molecule has 0 bridgehead atoms. The summed E-state index contributed by atoms with van der Waals surface area (Å²) in [5, 5.41) is 0.109. The fourth-order valence-corrected chi connectivity index (χ4v) is 7.12. The third-order valence-corrected chi connectivity index (χ3v) is 8.54. The topological polar surface area (TPSA) is 70.2 Å². The SMILES string of the molecule is O=C1C2Sc3[nH]c(=O)sc3[C@H](c3cccc(Br)c3)C2C(=O)N1c1ccc(Br)cc1. The molecule has 29 heavy (non-hydrogen) atoms. The van der Waals surface area contributed by atoms with E-state index in [4.69, 9.17) is 0 Å². The lowest BCUT2D eigenvalue weighted by molar-refractivity contribution is -0.122. The van der Waals surface area contributed by atoms with E-state index in [1.54, 1.807) is 12.1 Å². The average Bonchev–Trinajstić information content (AvgIpc) is 3.18. The van der Waals surface area contributed by atoms with Crippen molar-refractivity contribution in [1.82, 2.24) is 4.98 Å². The van der Waals surface area contributed by atoms with Gasteiger partial charge in [-0.1, -0.05) is 67.1 Å². The van der Waals surface area contributed by atoms with Crippen LogP contribution in [0.2, 0.25) is 0 Å². The van der Waals surface area contributed by atoms with E-state index in [-0.39, 0.29) is 22.6 Å². The van der Waals surface area contributed by atoms with Gasteiger partial charge in [-0.25, -0.2) is 4.90 Å². The van der Waals surface area contributed by atoms with Crippen molar-refractivity contribution >= 4 is 72.5 Å². The largest absolute Gasteiger partial charge is 0.307 e. The number of thiazole rings is 1. The summed E-state index contributed by atoms with van der Waals surface area (Å²) in [6.07, 6.45) is 0. The lowest BCUT2D eigenvalue weighted by atomic mass is 9.83. The highest BCUT2D eigenvalue weighted by atomic mass is 79.9. The van der Waals surface area contributed by atoms with Gasteiger partial charge in [-0.15, -0.1) is 0 Å². The summed E-state index contributed by atoms with van der Waals surface area (Å²) in [6, 6.07) is 14.8. The highest BCUT2D eigenvalue weighted by Gasteiger charge is 2.56. The first-order chi connectivity index (χ1) is 13.9. The zero-order valence-electron chi connectivity index (χ0n) is 14.6. The monoisotopic (exact) mass is 550 g/mol. The molecule has 1 saturated heterocycles. The molecule has 3 atom stereocenters. The second-order valence-corrected chi connectivity index (χ2v) is 10.8. The van der Waals surface area contributed by atoms with Crippen LogP contribution in [0.4, 0.5) is 5.69 Å². The Kier molecular flexibility index (Phi) is 4.81. The quantitative estimate of drug-likeness (QED) is 0.466. The van der Waals surface area contributed by atoms with E-state index in [9.17, 15) is 14.4 Å². The van der Waals surface area contributed by atoms with Crippen molar-refractivity contribution in [3.05, 3.63) is 77.6 Å². The minimum atomic E-state index is -0.576. The summed E-state index contributed by atoms with van der Waals surface area (Å²) in [4.78, 5) is 43.6. The minimum Gasteiger partial charge on any atom is -0.307 e. The number of anilines is 1. The van der Waals surface area contributed by atoms with E-state index in [1.165, 1.54) is 16.7 Å². The van der Waals surface area contributed by atoms with Crippen molar-refractivity contribution < 1.29 is 9.59 Å². The first-order valence-corrected chi connectivity index (χ1v) is 12.0. The fourth-order valence-electron chi connectivity index (χ4n) is 3.92. The van der Waals surface area contributed by atoms with Crippen molar-refractivity contribution in [3.63, 3.8) is 0 Å². The number of aromatic nitrogens is 1. The Morgan fingerprint density at radius 3 is 2.41 bits per heavy atom. The van der Waals surface area contributed by atoms with Gasteiger partial charge in [0.1, 0.15) is 5.25 Å². The number of aromatic amines is 1. The first-order valence-electron chi connectivity index (χ1n) is 8.72. The van der Waals surface area contributed by atoms with Crippen LogP contribution in [0, 0.1) is 5.92 Å². The molecule has 1 fully saturated rings. The van der Waals surface area contributed by atoms with E-state index in [2.05, 4.69) is 36.8 Å². The number of H-pyrrole nitrogens is 1. The highest BCUT2D eigenvalue weighted by molar-refractivity contribution is 9.10.